The molecule has 0 unspecified atom stereocenters. The van der Waals surface area contributed by atoms with Crippen molar-refractivity contribution >= 4 is 12.0 Å². The van der Waals surface area contributed by atoms with Gasteiger partial charge in [-0.05, 0) is 66.3 Å². The number of rotatable bonds is 7. The lowest BCUT2D eigenvalue weighted by molar-refractivity contribution is -0.117. The first kappa shape index (κ1) is 19.8. The number of aromatic nitrogens is 1. The van der Waals surface area contributed by atoms with Gasteiger partial charge in [-0.2, -0.15) is 0 Å². The van der Waals surface area contributed by atoms with Gasteiger partial charge in [-0.3, -0.25) is 9.78 Å². The number of hydrogen-bond acceptors (Lipinski definition) is 3. The van der Waals surface area contributed by atoms with Crippen molar-refractivity contribution in [1.29, 1.82) is 0 Å². The Bertz CT molecular complexity index is 1010. The van der Waals surface area contributed by atoms with Crippen LogP contribution in [-0.4, -0.2) is 16.9 Å². The van der Waals surface area contributed by atoms with Crippen LogP contribution in [0.3, 0.4) is 0 Å². The fourth-order valence-electron chi connectivity index (χ4n) is 3.51. The van der Waals surface area contributed by atoms with Crippen molar-refractivity contribution in [2.45, 2.75) is 31.4 Å². The number of nitrogens with one attached hydrogen (secondary N) is 1. The molecule has 0 atom stereocenters. The fraction of sp³-hybridized carbons (Fsp3) is 0.200. The van der Waals surface area contributed by atoms with Crippen LogP contribution in [-0.2, 0) is 11.4 Å². The third-order valence-electron chi connectivity index (χ3n) is 5.24. The number of hydrogen-bond donors (Lipinski definition) is 1. The molecule has 1 amide bonds. The van der Waals surface area contributed by atoms with E-state index in [0.717, 1.165) is 35.3 Å². The van der Waals surface area contributed by atoms with Crippen molar-refractivity contribution in [3.63, 3.8) is 0 Å². The van der Waals surface area contributed by atoms with Crippen molar-refractivity contribution in [1.82, 2.24) is 10.3 Å². The second-order valence-electron chi connectivity index (χ2n) is 7.48. The molecule has 5 heteroatoms. The number of amides is 1. The van der Waals surface area contributed by atoms with E-state index in [-0.39, 0.29) is 17.8 Å². The molecular formula is C25H23FN2O2. The summed E-state index contributed by atoms with van der Waals surface area (Å²) in [6, 6.07) is 18.2. The number of carbonyl (C=O) groups is 1. The lowest BCUT2D eigenvalue weighted by Crippen LogP contribution is -2.42. The van der Waals surface area contributed by atoms with Gasteiger partial charge in [0.2, 0.25) is 5.91 Å². The van der Waals surface area contributed by atoms with Crippen LogP contribution in [0, 0.1) is 5.82 Å². The Balaban J connectivity index is 1.21. The Hall–Kier alpha value is -3.47. The smallest absolute Gasteiger partial charge is 0.244 e. The summed E-state index contributed by atoms with van der Waals surface area (Å²) in [5, 5.41) is 3.00. The minimum absolute atomic E-state index is 0.116. The first-order valence-corrected chi connectivity index (χ1v) is 10.0. The van der Waals surface area contributed by atoms with Crippen molar-refractivity contribution in [3.05, 3.63) is 102 Å². The van der Waals surface area contributed by atoms with E-state index >= 15 is 0 Å². The summed E-state index contributed by atoms with van der Waals surface area (Å²) < 4.78 is 19.0. The van der Waals surface area contributed by atoms with Crippen molar-refractivity contribution in [3.8, 4) is 5.75 Å². The normalized spacial score (nSPS) is 18.0. The second kappa shape index (κ2) is 9.35. The van der Waals surface area contributed by atoms with Gasteiger partial charge in [-0.25, -0.2) is 4.39 Å². The van der Waals surface area contributed by atoms with Gasteiger partial charge in [0.15, 0.2) is 0 Å². The first-order valence-electron chi connectivity index (χ1n) is 10.0. The van der Waals surface area contributed by atoms with Crippen molar-refractivity contribution in [2.75, 3.05) is 0 Å². The lowest BCUT2D eigenvalue weighted by atomic mass is 9.76. The molecule has 1 heterocycles. The molecule has 1 N–H and O–H groups in total. The quantitative estimate of drug-likeness (QED) is 0.574. The van der Waals surface area contributed by atoms with Crippen LogP contribution >= 0.6 is 0 Å². The van der Waals surface area contributed by atoms with E-state index in [1.54, 1.807) is 36.7 Å². The van der Waals surface area contributed by atoms with Crippen LogP contribution in [0.4, 0.5) is 4.39 Å². The second-order valence-corrected chi connectivity index (χ2v) is 7.48. The largest absolute Gasteiger partial charge is 0.489 e. The Morgan fingerprint density at radius 3 is 2.70 bits per heavy atom. The molecule has 0 aliphatic heterocycles. The van der Waals surface area contributed by atoms with Gasteiger partial charge in [0, 0.05) is 30.1 Å². The van der Waals surface area contributed by atoms with E-state index in [2.05, 4.69) is 10.3 Å². The predicted octanol–water partition coefficient (Wildman–Crippen LogP) is 4.88. The molecule has 4 rings (SSSR count). The summed E-state index contributed by atoms with van der Waals surface area (Å²) in [5.74, 6) is 0.749. The Labute approximate surface area is 175 Å². The zero-order valence-electron chi connectivity index (χ0n) is 16.5. The fourth-order valence-corrected chi connectivity index (χ4v) is 3.51. The molecular weight excluding hydrogens is 379 g/mol. The molecule has 152 valence electrons. The van der Waals surface area contributed by atoms with Gasteiger partial charge in [-0.1, -0.05) is 30.3 Å². The number of pyridine rings is 1. The van der Waals surface area contributed by atoms with Crippen molar-refractivity contribution < 1.29 is 13.9 Å². The number of ether oxygens (including phenoxy) is 1. The standard InChI is InChI=1S/C25H23FN2O2/c26-22-5-1-4-20(13-22)21-14-23(15-21)28-25(29)11-8-18-6-9-24(10-7-18)30-17-19-3-2-12-27-16-19/h1-13,16,21,23H,14-15,17H2,(H,28,29)/b11-8+. The average molecular weight is 402 g/mol. The summed E-state index contributed by atoms with van der Waals surface area (Å²) in [7, 11) is 0. The molecule has 0 bridgehead atoms. The summed E-state index contributed by atoms with van der Waals surface area (Å²) >= 11 is 0. The molecule has 1 fully saturated rings. The van der Waals surface area contributed by atoms with Gasteiger partial charge in [0.25, 0.3) is 0 Å². The van der Waals surface area contributed by atoms with Gasteiger partial charge in [0.1, 0.15) is 18.2 Å². The van der Waals surface area contributed by atoms with E-state index in [9.17, 15) is 9.18 Å². The Morgan fingerprint density at radius 2 is 1.97 bits per heavy atom. The molecule has 1 aliphatic carbocycles. The SMILES string of the molecule is O=C(/C=C/c1ccc(OCc2cccnc2)cc1)NC1CC(c2cccc(F)c2)C1. The molecule has 0 saturated heterocycles. The minimum atomic E-state index is -0.212. The van der Waals surface area contributed by atoms with Crippen molar-refractivity contribution in [2.24, 2.45) is 0 Å². The van der Waals surface area contributed by atoms with E-state index in [4.69, 9.17) is 4.74 Å². The highest BCUT2D eigenvalue weighted by Crippen LogP contribution is 2.37. The lowest BCUT2D eigenvalue weighted by Gasteiger charge is -2.36. The van der Waals surface area contributed by atoms with Crippen LogP contribution in [0.15, 0.2) is 79.1 Å². The summed E-state index contributed by atoms with van der Waals surface area (Å²) in [6.45, 7) is 0.462. The van der Waals surface area contributed by atoms with E-state index in [1.807, 2.05) is 42.5 Å². The van der Waals surface area contributed by atoms with E-state index in [1.165, 1.54) is 6.07 Å². The Kier molecular flexibility index (Phi) is 6.18. The molecule has 1 saturated carbocycles. The molecule has 30 heavy (non-hydrogen) atoms. The van der Waals surface area contributed by atoms with Gasteiger partial charge < -0.3 is 10.1 Å². The van der Waals surface area contributed by atoms with Gasteiger partial charge >= 0.3 is 0 Å². The molecule has 1 aromatic heterocycles. The topological polar surface area (TPSA) is 51.2 Å². The van der Waals surface area contributed by atoms with Crippen LogP contribution < -0.4 is 10.1 Å². The third-order valence-corrected chi connectivity index (χ3v) is 5.24. The summed E-state index contributed by atoms with van der Waals surface area (Å²) in [4.78, 5) is 16.2. The van der Waals surface area contributed by atoms with Gasteiger partial charge in [0.05, 0.1) is 0 Å². The maximum absolute atomic E-state index is 13.3. The average Bonchev–Trinajstić information content (AvgIpc) is 2.74. The summed E-state index contributed by atoms with van der Waals surface area (Å²) in [6.07, 6.45) is 8.51. The highest BCUT2D eigenvalue weighted by atomic mass is 19.1. The highest BCUT2D eigenvalue weighted by Gasteiger charge is 2.31. The first-order chi connectivity index (χ1) is 14.7. The predicted molar refractivity (Wildman–Crippen MR) is 114 cm³/mol. The number of nitrogens with zero attached hydrogens (tertiary/aromatic N) is 1. The van der Waals surface area contributed by atoms with Crippen LogP contribution in [0.25, 0.3) is 6.08 Å². The molecule has 1 aliphatic rings. The Morgan fingerprint density at radius 1 is 1.13 bits per heavy atom. The highest BCUT2D eigenvalue weighted by molar-refractivity contribution is 5.92. The van der Waals surface area contributed by atoms with Crippen LogP contribution in [0.5, 0.6) is 5.75 Å². The maximum atomic E-state index is 13.3. The molecule has 2 aromatic carbocycles. The van der Waals surface area contributed by atoms with Crippen LogP contribution in [0.2, 0.25) is 0 Å². The molecule has 3 aromatic rings. The molecule has 0 radical (unpaired) electrons. The monoisotopic (exact) mass is 402 g/mol. The number of benzene rings is 2. The molecule has 4 nitrogen and oxygen atoms in total. The van der Waals surface area contributed by atoms with E-state index in [0.29, 0.717) is 12.5 Å². The maximum Gasteiger partial charge on any atom is 0.244 e. The van der Waals surface area contributed by atoms with Crippen LogP contribution in [0.1, 0.15) is 35.4 Å². The zero-order chi connectivity index (χ0) is 20.8. The van der Waals surface area contributed by atoms with E-state index < -0.39 is 0 Å². The third kappa shape index (κ3) is 5.32. The molecule has 0 spiro atoms. The van der Waals surface area contributed by atoms with Gasteiger partial charge in [-0.15, -0.1) is 0 Å². The number of halogens is 1. The number of carbonyl (C=O) groups excluding carboxylic acids is 1. The summed E-state index contributed by atoms with van der Waals surface area (Å²) in [5.41, 5.74) is 2.93. The zero-order valence-corrected chi connectivity index (χ0v) is 16.5. The minimum Gasteiger partial charge on any atom is -0.489 e.